The van der Waals surface area contributed by atoms with Crippen molar-refractivity contribution in [3.05, 3.63) is 65.6 Å². The minimum absolute atomic E-state index is 0.137. The number of likely N-dealkylation sites (tertiary alicyclic amines) is 1. The summed E-state index contributed by atoms with van der Waals surface area (Å²) >= 11 is 0. The maximum absolute atomic E-state index is 13.0. The Morgan fingerprint density at radius 2 is 2.00 bits per heavy atom. The molecule has 2 aromatic carbocycles. The average molecular weight is 352 g/mol. The van der Waals surface area contributed by atoms with Crippen LogP contribution in [-0.2, 0) is 11.3 Å². The van der Waals surface area contributed by atoms with Crippen LogP contribution in [0.3, 0.4) is 0 Å². The number of aromatic nitrogens is 2. The Morgan fingerprint density at radius 1 is 1.23 bits per heavy atom. The number of H-pyrrole nitrogens is 1. The van der Waals surface area contributed by atoms with Crippen molar-refractivity contribution in [2.24, 2.45) is 0 Å². The summed E-state index contributed by atoms with van der Waals surface area (Å²) in [5.41, 5.74) is 1.91. The van der Waals surface area contributed by atoms with E-state index in [1.54, 1.807) is 17.0 Å². The van der Waals surface area contributed by atoms with Crippen LogP contribution < -0.4 is 5.32 Å². The molecule has 26 heavy (non-hydrogen) atoms. The van der Waals surface area contributed by atoms with Crippen molar-refractivity contribution in [3.63, 3.8) is 0 Å². The Hall–Kier alpha value is -3.22. The van der Waals surface area contributed by atoms with Crippen molar-refractivity contribution < 1.29 is 14.0 Å². The summed E-state index contributed by atoms with van der Waals surface area (Å²) in [5.74, 6) is -0.815. The number of carbonyl (C=O) groups excluding carboxylic acids is 2. The van der Waals surface area contributed by atoms with E-state index in [2.05, 4.69) is 15.5 Å². The molecule has 3 aromatic rings. The molecule has 1 saturated heterocycles. The number of nitrogens with one attached hydrogen (secondary N) is 2. The van der Waals surface area contributed by atoms with Gasteiger partial charge in [-0.1, -0.05) is 30.3 Å². The van der Waals surface area contributed by atoms with Gasteiger partial charge in [0.25, 0.3) is 5.91 Å². The lowest BCUT2D eigenvalue weighted by Gasteiger charge is -2.17. The van der Waals surface area contributed by atoms with Crippen molar-refractivity contribution in [2.45, 2.75) is 19.0 Å². The predicted molar refractivity (Wildman–Crippen MR) is 93.8 cm³/mol. The van der Waals surface area contributed by atoms with Crippen LogP contribution in [0.5, 0.6) is 0 Å². The number of hydrogen-bond donors (Lipinski definition) is 2. The number of aromatic amines is 1. The summed E-state index contributed by atoms with van der Waals surface area (Å²) in [6, 6.07) is 12.8. The van der Waals surface area contributed by atoms with Crippen molar-refractivity contribution in [1.29, 1.82) is 0 Å². The second kappa shape index (κ2) is 6.59. The topological polar surface area (TPSA) is 78.1 Å². The number of para-hydroxylation sites is 1. The molecule has 1 unspecified atom stereocenters. The van der Waals surface area contributed by atoms with Crippen molar-refractivity contribution in [2.75, 3.05) is 6.54 Å². The first-order chi connectivity index (χ1) is 12.6. The summed E-state index contributed by atoms with van der Waals surface area (Å²) in [6.07, 6.45) is 0.536. The summed E-state index contributed by atoms with van der Waals surface area (Å²) < 4.78 is 13.0. The highest BCUT2D eigenvalue weighted by Gasteiger charge is 2.33. The summed E-state index contributed by atoms with van der Waals surface area (Å²) in [4.78, 5) is 26.7. The van der Waals surface area contributed by atoms with Crippen molar-refractivity contribution >= 4 is 22.7 Å². The van der Waals surface area contributed by atoms with Gasteiger partial charge >= 0.3 is 0 Å². The summed E-state index contributed by atoms with van der Waals surface area (Å²) in [7, 11) is 0. The Balaban J connectivity index is 1.43. The van der Waals surface area contributed by atoms with Gasteiger partial charge in [0.2, 0.25) is 5.91 Å². The van der Waals surface area contributed by atoms with Crippen LogP contribution >= 0.6 is 0 Å². The highest BCUT2D eigenvalue weighted by atomic mass is 19.1. The highest BCUT2D eigenvalue weighted by Crippen LogP contribution is 2.18. The number of hydrogen-bond acceptors (Lipinski definition) is 3. The lowest BCUT2D eigenvalue weighted by Crippen LogP contribution is -2.41. The third-order valence-electron chi connectivity index (χ3n) is 4.57. The maximum atomic E-state index is 13.0. The fraction of sp³-hybridized carbons (Fsp3) is 0.211. The first kappa shape index (κ1) is 16.3. The van der Waals surface area contributed by atoms with E-state index < -0.39 is 6.04 Å². The quantitative estimate of drug-likeness (QED) is 0.756. The fourth-order valence-corrected chi connectivity index (χ4v) is 3.20. The van der Waals surface area contributed by atoms with Gasteiger partial charge in [0.1, 0.15) is 11.9 Å². The fourth-order valence-electron chi connectivity index (χ4n) is 3.20. The van der Waals surface area contributed by atoms with Gasteiger partial charge in [-0.15, -0.1) is 0 Å². The molecular formula is C19H17FN4O2. The molecule has 7 heteroatoms. The smallest absolute Gasteiger partial charge is 0.273 e. The predicted octanol–water partition coefficient (Wildman–Crippen LogP) is 2.23. The molecule has 0 spiro atoms. The molecule has 4 rings (SSSR count). The lowest BCUT2D eigenvalue weighted by atomic mass is 10.2. The molecule has 0 aliphatic carbocycles. The van der Waals surface area contributed by atoms with Crippen LogP contribution in [-0.4, -0.2) is 39.5 Å². The molecule has 0 radical (unpaired) electrons. The van der Waals surface area contributed by atoms with Gasteiger partial charge in [0.05, 0.1) is 5.52 Å². The molecule has 1 fully saturated rings. The summed E-state index contributed by atoms with van der Waals surface area (Å²) in [6.45, 7) is 0.944. The standard InChI is InChI=1S/C19H17FN4O2/c20-13-7-5-12(6-8-13)11-24-10-9-16(19(24)26)21-18(25)17-14-3-1-2-4-15(14)22-23-17/h1-8,16H,9-11H2,(H,21,25)(H,22,23). The minimum atomic E-state index is -0.571. The maximum Gasteiger partial charge on any atom is 0.273 e. The normalized spacial score (nSPS) is 17.0. The SMILES string of the molecule is O=C(NC1CCN(Cc2ccc(F)cc2)C1=O)c1n[nH]c2ccccc12. The van der Waals surface area contributed by atoms with E-state index in [-0.39, 0.29) is 23.3 Å². The Bertz CT molecular complexity index is 967. The molecule has 1 aliphatic heterocycles. The van der Waals surface area contributed by atoms with Gasteiger partial charge < -0.3 is 10.2 Å². The highest BCUT2D eigenvalue weighted by molar-refractivity contribution is 6.06. The van der Waals surface area contributed by atoms with Crippen LogP contribution in [0, 0.1) is 5.82 Å². The third kappa shape index (κ3) is 3.03. The first-order valence-electron chi connectivity index (χ1n) is 8.39. The van der Waals surface area contributed by atoms with Crippen LogP contribution in [0.15, 0.2) is 48.5 Å². The number of halogens is 1. The lowest BCUT2D eigenvalue weighted by molar-refractivity contribution is -0.129. The molecule has 1 aliphatic rings. The molecule has 0 saturated carbocycles. The Morgan fingerprint density at radius 3 is 2.81 bits per heavy atom. The number of amides is 2. The zero-order valence-electron chi connectivity index (χ0n) is 13.9. The molecular weight excluding hydrogens is 335 g/mol. The van der Waals surface area contributed by atoms with E-state index in [0.717, 1.165) is 16.5 Å². The van der Waals surface area contributed by atoms with Gasteiger partial charge in [-0.05, 0) is 30.2 Å². The van der Waals surface area contributed by atoms with Crippen LogP contribution in [0.2, 0.25) is 0 Å². The van der Waals surface area contributed by atoms with Crippen LogP contribution in [0.4, 0.5) is 4.39 Å². The van der Waals surface area contributed by atoms with E-state index >= 15 is 0 Å². The Labute approximate surface area is 149 Å². The molecule has 6 nitrogen and oxygen atoms in total. The molecule has 1 atom stereocenters. The van der Waals surface area contributed by atoms with E-state index in [1.165, 1.54) is 12.1 Å². The van der Waals surface area contributed by atoms with Gasteiger partial charge in [-0.3, -0.25) is 14.7 Å². The third-order valence-corrected chi connectivity index (χ3v) is 4.57. The second-order valence-electron chi connectivity index (χ2n) is 6.32. The molecule has 1 aromatic heterocycles. The minimum Gasteiger partial charge on any atom is -0.339 e. The molecule has 132 valence electrons. The van der Waals surface area contributed by atoms with Gasteiger partial charge in [0.15, 0.2) is 5.69 Å². The van der Waals surface area contributed by atoms with Crippen molar-refractivity contribution in [1.82, 2.24) is 20.4 Å². The Kier molecular flexibility index (Phi) is 4.12. The zero-order chi connectivity index (χ0) is 18.1. The van der Waals surface area contributed by atoms with E-state index in [9.17, 15) is 14.0 Å². The first-order valence-corrected chi connectivity index (χ1v) is 8.39. The van der Waals surface area contributed by atoms with Gasteiger partial charge in [-0.2, -0.15) is 5.10 Å². The summed E-state index contributed by atoms with van der Waals surface area (Å²) in [5, 5.41) is 10.4. The number of fused-ring (bicyclic) bond motifs is 1. The zero-order valence-corrected chi connectivity index (χ0v) is 13.9. The van der Waals surface area contributed by atoms with Crippen LogP contribution in [0.1, 0.15) is 22.5 Å². The van der Waals surface area contributed by atoms with Crippen LogP contribution in [0.25, 0.3) is 10.9 Å². The van der Waals surface area contributed by atoms with Gasteiger partial charge in [-0.25, -0.2) is 4.39 Å². The van der Waals surface area contributed by atoms with Crippen molar-refractivity contribution in [3.8, 4) is 0 Å². The average Bonchev–Trinajstić information content (AvgIpc) is 3.22. The molecule has 2 amide bonds. The number of rotatable bonds is 4. The second-order valence-corrected chi connectivity index (χ2v) is 6.32. The molecule has 0 bridgehead atoms. The number of nitrogens with zero attached hydrogens (tertiary/aromatic N) is 2. The van der Waals surface area contributed by atoms with E-state index in [0.29, 0.717) is 19.5 Å². The monoisotopic (exact) mass is 352 g/mol. The van der Waals surface area contributed by atoms with E-state index in [1.807, 2.05) is 24.3 Å². The largest absolute Gasteiger partial charge is 0.339 e. The number of carbonyl (C=O) groups is 2. The molecule has 2 heterocycles. The van der Waals surface area contributed by atoms with Gasteiger partial charge in [0, 0.05) is 18.5 Å². The molecule has 2 N–H and O–H groups in total. The van der Waals surface area contributed by atoms with E-state index in [4.69, 9.17) is 0 Å². The number of benzene rings is 2.